The summed E-state index contributed by atoms with van der Waals surface area (Å²) in [4.78, 5) is 29.0. The van der Waals surface area contributed by atoms with Gasteiger partial charge in [0.15, 0.2) is 5.54 Å². The number of hydrogen-bond acceptors (Lipinski definition) is 5. The third kappa shape index (κ3) is 2.77. The number of urea groups is 1. The van der Waals surface area contributed by atoms with E-state index in [1.54, 1.807) is 6.20 Å². The van der Waals surface area contributed by atoms with E-state index in [2.05, 4.69) is 15.6 Å². The third-order valence-corrected chi connectivity index (χ3v) is 6.56. The summed E-state index contributed by atoms with van der Waals surface area (Å²) in [5, 5.41) is 5.30. The van der Waals surface area contributed by atoms with Gasteiger partial charge in [-0.3, -0.25) is 15.1 Å². The summed E-state index contributed by atoms with van der Waals surface area (Å²) in [5.41, 5.74) is 0.0121. The van der Waals surface area contributed by atoms with Gasteiger partial charge in [-0.25, -0.2) is 4.79 Å². The van der Waals surface area contributed by atoms with Gasteiger partial charge in [-0.2, -0.15) is 0 Å². The molecule has 2 N–H and O–H groups in total. The van der Waals surface area contributed by atoms with Crippen molar-refractivity contribution in [3.63, 3.8) is 0 Å². The Morgan fingerprint density at radius 3 is 2.56 bits per heavy atom. The number of fused-ring (bicyclic) bond motifs is 2. The highest BCUT2D eigenvalue weighted by Crippen LogP contribution is 2.45. The van der Waals surface area contributed by atoms with Crippen molar-refractivity contribution in [3.05, 3.63) is 29.6 Å². The molecule has 3 heterocycles. The van der Waals surface area contributed by atoms with Gasteiger partial charge in [-0.05, 0) is 52.9 Å². The van der Waals surface area contributed by atoms with E-state index in [1.807, 2.05) is 39.8 Å². The fraction of sp³-hybridized carbons (Fsp3) is 0.632. The third-order valence-electron chi connectivity index (χ3n) is 6.56. The zero-order valence-electron chi connectivity index (χ0n) is 16.3. The second-order valence-corrected chi connectivity index (χ2v) is 8.73. The summed E-state index contributed by atoms with van der Waals surface area (Å²) in [6, 6.07) is 3.26. The van der Waals surface area contributed by atoms with Crippen molar-refractivity contribution in [3.8, 4) is 0 Å². The van der Waals surface area contributed by atoms with Crippen LogP contribution in [0.5, 0.6) is 0 Å². The summed E-state index contributed by atoms with van der Waals surface area (Å²) in [6.07, 6.45) is 4.76. The molecular weight excluding hydrogens is 345 g/mol. The fourth-order valence-electron chi connectivity index (χ4n) is 4.44. The predicted octanol–water partition coefficient (Wildman–Crippen LogP) is 2.16. The fourth-order valence-corrected chi connectivity index (χ4v) is 4.44. The second-order valence-electron chi connectivity index (χ2n) is 8.73. The first kappa shape index (κ1) is 18.4. The van der Waals surface area contributed by atoms with Crippen LogP contribution in [0.2, 0.25) is 6.32 Å². The largest absolute Gasteiger partial charge is 0.457 e. The van der Waals surface area contributed by atoms with E-state index >= 15 is 0 Å². The molecule has 3 aliphatic rings. The van der Waals surface area contributed by atoms with Crippen LogP contribution in [0, 0.1) is 5.92 Å². The smallest absolute Gasteiger partial charge is 0.403 e. The Morgan fingerprint density at radius 2 is 1.93 bits per heavy atom. The Balaban J connectivity index is 1.47. The van der Waals surface area contributed by atoms with Gasteiger partial charge in [0.2, 0.25) is 0 Å². The predicted molar refractivity (Wildman–Crippen MR) is 99.9 cm³/mol. The first-order chi connectivity index (χ1) is 12.7. The molecule has 0 bridgehead atoms. The van der Waals surface area contributed by atoms with Crippen molar-refractivity contribution < 1.29 is 18.9 Å². The molecule has 2 unspecified atom stereocenters. The Bertz CT molecular complexity index is 781. The average molecular weight is 371 g/mol. The molecule has 8 heteroatoms. The minimum Gasteiger partial charge on any atom is -0.403 e. The maximum atomic E-state index is 12.7. The number of imide groups is 1. The van der Waals surface area contributed by atoms with E-state index < -0.39 is 11.6 Å². The lowest BCUT2D eigenvalue weighted by molar-refractivity contribution is -0.126. The van der Waals surface area contributed by atoms with Crippen LogP contribution in [0.3, 0.4) is 0 Å². The van der Waals surface area contributed by atoms with Gasteiger partial charge >= 0.3 is 13.1 Å². The maximum Gasteiger partial charge on any atom is 0.457 e. The van der Waals surface area contributed by atoms with Crippen molar-refractivity contribution in [1.82, 2.24) is 15.6 Å². The Kier molecular flexibility index (Phi) is 4.12. The molecule has 4 rings (SSSR count). The topological polar surface area (TPSA) is 89.5 Å². The van der Waals surface area contributed by atoms with E-state index in [0.29, 0.717) is 6.42 Å². The molecule has 3 amide bonds. The number of hydrogen-bond donors (Lipinski definition) is 2. The Labute approximate surface area is 159 Å². The van der Waals surface area contributed by atoms with Crippen LogP contribution in [0.15, 0.2) is 18.3 Å². The van der Waals surface area contributed by atoms with Crippen molar-refractivity contribution in [2.45, 2.75) is 70.0 Å². The Hall–Kier alpha value is -1.93. The molecule has 1 spiro atoms. The van der Waals surface area contributed by atoms with Gasteiger partial charge in [0.05, 0.1) is 11.2 Å². The average Bonchev–Trinajstić information content (AvgIpc) is 3.12. The first-order valence-corrected chi connectivity index (χ1v) is 9.59. The lowest BCUT2D eigenvalue weighted by atomic mass is 9.76. The molecule has 0 saturated carbocycles. The number of amides is 3. The van der Waals surface area contributed by atoms with Crippen LogP contribution in [0.4, 0.5) is 4.79 Å². The number of rotatable bonds is 4. The van der Waals surface area contributed by atoms with E-state index in [1.165, 1.54) is 0 Å². The SMILES string of the molecule is CC1(C)OB(CCCC2Cc3ncccc3C23NC(=O)NC3=O)OC1(C)C. The van der Waals surface area contributed by atoms with E-state index in [-0.39, 0.29) is 30.1 Å². The molecule has 144 valence electrons. The van der Waals surface area contributed by atoms with Gasteiger partial charge in [-0.1, -0.05) is 12.5 Å². The van der Waals surface area contributed by atoms with Crippen LogP contribution in [0.25, 0.3) is 0 Å². The molecule has 2 saturated heterocycles. The van der Waals surface area contributed by atoms with Crippen molar-refractivity contribution in [2.24, 2.45) is 5.92 Å². The number of pyridine rings is 1. The minimum atomic E-state index is -1.00. The molecule has 27 heavy (non-hydrogen) atoms. The van der Waals surface area contributed by atoms with Crippen molar-refractivity contribution in [1.29, 1.82) is 0 Å². The molecule has 2 atom stereocenters. The van der Waals surface area contributed by atoms with Crippen LogP contribution >= 0.6 is 0 Å². The monoisotopic (exact) mass is 371 g/mol. The number of nitrogens with zero attached hydrogens (tertiary/aromatic N) is 1. The number of carbonyl (C=O) groups excluding carboxylic acids is 2. The normalized spacial score (nSPS) is 30.5. The molecule has 0 radical (unpaired) electrons. The van der Waals surface area contributed by atoms with Crippen LogP contribution in [0.1, 0.15) is 51.8 Å². The summed E-state index contributed by atoms with van der Waals surface area (Å²) in [7, 11) is -0.250. The van der Waals surface area contributed by atoms with Gasteiger partial charge < -0.3 is 14.6 Å². The summed E-state index contributed by atoms with van der Waals surface area (Å²) < 4.78 is 12.1. The van der Waals surface area contributed by atoms with Crippen molar-refractivity contribution in [2.75, 3.05) is 0 Å². The minimum absolute atomic E-state index is 0.0312. The van der Waals surface area contributed by atoms with Crippen LogP contribution in [-0.2, 0) is 26.1 Å². The molecule has 1 aromatic rings. The van der Waals surface area contributed by atoms with E-state index in [9.17, 15) is 9.59 Å². The van der Waals surface area contributed by atoms with Gasteiger partial charge in [0, 0.05) is 23.4 Å². The Morgan fingerprint density at radius 1 is 1.22 bits per heavy atom. The van der Waals surface area contributed by atoms with Crippen LogP contribution < -0.4 is 10.6 Å². The standard InChI is InChI=1S/C19H26BN3O4/c1-17(2)18(3,4)27-20(26-17)9-5-7-12-11-14-13(8-6-10-21-14)19(12)15(24)22-16(25)23-19/h6,8,10,12H,5,7,9,11H2,1-4H3,(H2,22,23,24,25). The van der Waals surface area contributed by atoms with Crippen LogP contribution in [-0.4, -0.2) is 35.2 Å². The zero-order chi connectivity index (χ0) is 19.4. The highest BCUT2D eigenvalue weighted by Gasteiger charge is 2.58. The summed E-state index contributed by atoms with van der Waals surface area (Å²) in [6.45, 7) is 8.17. The highest BCUT2D eigenvalue weighted by molar-refractivity contribution is 6.45. The quantitative estimate of drug-likeness (QED) is 0.626. The maximum absolute atomic E-state index is 12.7. The van der Waals surface area contributed by atoms with Crippen molar-refractivity contribution >= 4 is 19.1 Å². The molecular formula is C19H26BN3O4. The highest BCUT2D eigenvalue weighted by atomic mass is 16.7. The lowest BCUT2D eigenvalue weighted by Crippen LogP contribution is -2.47. The van der Waals surface area contributed by atoms with E-state index in [4.69, 9.17) is 9.31 Å². The summed E-state index contributed by atoms with van der Waals surface area (Å²) in [5.74, 6) is -0.309. The summed E-state index contributed by atoms with van der Waals surface area (Å²) >= 11 is 0. The number of nitrogens with one attached hydrogen (secondary N) is 2. The molecule has 1 aliphatic carbocycles. The van der Waals surface area contributed by atoms with Gasteiger partial charge in [-0.15, -0.1) is 0 Å². The van der Waals surface area contributed by atoms with Gasteiger partial charge in [0.25, 0.3) is 5.91 Å². The molecule has 7 nitrogen and oxygen atoms in total. The first-order valence-electron chi connectivity index (χ1n) is 9.59. The number of aromatic nitrogens is 1. The van der Waals surface area contributed by atoms with Gasteiger partial charge in [0.1, 0.15) is 0 Å². The zero-order valence-corrected chi connectivity index (χ0v) is 16.3. The molecule has 2 fully saturated rings. The van der Waals surface area contributed by atoms with E-state index in [0.717, 1.165) is 30.4 Å². The molecule has 1 aromatic heterocycles. The number of carbonyl (C=O) groups is 2. The molecule has 2 aliphatic heterocycles. The molecule has 0 aromatic carbocycles. The lowest BCUT2D eigenvalue weighted by Gasteiger charge is -2.32. The second kappa shape index (κ2) is 6.04.